The van der Waals surface area contributed by atoms with Crippen LogP contribution in [0.5, 0.6) is 5.75 Å². The summed E-state index contributed by atoms with van der Waals surface area (Å²) in [6, 6.07) is 26.4. The number of carbonyl (C=O) groups is 2. The van der Waals surface area contributed by atoms with Crippen molar-refractivity contribution in [2.45, 2.75) is 13.0 Å². The van der Waals surface area contributed by atoms with Gasteiger partial charge < -0.3 is 19.4 Å². The number of methoxy groups -OCH3 is 1. The maximum atomic E-state index is 14.6. The summed E-state index contributed by atoms with van der Waals surface area (Å²) in [4.78, 5) is 32.2. The Labute approximate surface area is 239 Å². The number of halogens is 1. The predicted octanol–water partition coefficient (Wildman–Crippen LogP) is 4.84. The molecular weight excluding hydrogens is 521 g/mol. The first kappa shape index (κ1) is 27.8. The number of aromatic nitrogens is 2. The Morgan fingerprint density at radius 1 is 0.878 bits per heavy atom. The summed E-state index contributed by atoms with van der Waals surface area (Å²) in [5.74, 6) is 0.211. The molecule has 1 aliphatic heterocycles. The Hall–Kier alpha value is -4.79. The summed E-state index contributed by atoms with van der Waals surface area (Å²) in [6.07, 6.45) is 0. The predicted molar refractivity (Wildman–Crippen MR) is 155 cm³/mol. The second kappa shape index (κ2) is 12.6. The van der Waals surface area contributed by atoms with Crippen molar-refractivity contribution < 1.29 is 18.7 Å². The van der Waals surface area contributed by atoms with E-state index in [2.05, 4.69) is 15.1 Å². The molecule has 0 aliphatic carbocycles. The van der Waals surface area contributed by atoms with E-state index in [1.807, 2.05) is 73.7 Å². The van der Waals surface area contributed by atoms with E-state index >= 15 is 0 Å². The number of ether oxygens (including phenoxy) is 1. The summed E-state index contributed by atoms with van der Waals surface area (Å²) < 4.78 is 19.8. The van der Waals surface area contributed by atoms with E-state index in [4.69, 9.17) is 4.74 Å². The van der Waals surface area contributed by atoms with Gasteiger partial charge in [0, 0.05) is 31.7 Å². The Morgan fingerprint density at radius 3 is 2.20 bits per heavy atom. The molecule has 0 unspecified atom stereocenters. The topological polar surface area (TPSA) is 78.9 Å². The Kier molecular flexibility index (Phi) is 8.53. The lowest BCUT2D eigenvalue weighted by molar-refractivity contribution is -0.132. The van der Waals surface area contributed by atoms with Crippen LogP contribution in [0.15, 0.2) is 91.0 Å². The molecule has 8 nitrogen and oxygen atoms in total. The largest absolute Gasteiger partial charge is 0.497 e. The van der Waals surface area contributed by atoms with E-state index < -0.39 is 17.8 Å². The third kappa shape index (κ3) is 6.35. The lowest BCUT2D eigenvalue weighted by Crippen LogP contribution is -2.52. The monoisotopic (exact) mass is 553 g/mol. The molecule has 2 heterocycles. The summed E-state index contributed by atoms with van der Waals surface area (Å²) >= 11 is 0. The van der Waals surface area contributed by atoms with Gasteiger partial charge in [0.05, 0.1) is 24.4 Å². The molecule has 210 valence electrons. The number of nitrogens with zero attached hydrogens (tertiary/aromatic N) is 5. The smallest absolute Gasteiger partial charge is 0.257 e. The fourth-order valence-corrected chi connectivity index (χ4v) is 4.93. The Bertz CT molecular complexity index is 1470. The lowest BCUT2D eigenvalue weighted by atomic mass is 10.0. The quantitative estimate of drug-likeness (QED) is 0.311. The van der Waals surface area contributed by atoms with Crippen LogP contribution < -0.4 is 9.64 Å². The lowest BCUT2D eigenvalue weighted by Gasteiger charge is -2.37. The SMILES string of the molecule is COc1ccc(-c2ccc(N3CCN(C(=O)CN(C(=O)c4ccccc4F)[C@@H](C)c4ccccc4)CC3)nn2)cc1. The Balaban J connectivity index is 1.24. The van der Waals surface area contributed by atoms with Gasteiger partial charge in [0.1, 0.15) is 18.1 Å². The number of rotatable bonds is 8. The van der Waals surface area contributed by atoms with Crippen molar-refractivity contribution in [3.63, 3.8) is 0 Å². The minimum Gasteiger partial charge on any atom is -0.497 e. The minimum absolute atomic E-state index is 0.0513. The summed E-state index contributed by atoms with van der Waals surface area (Å²) in [7, 11) is 1.63. The molecule has 1 fully saturated rings. The highest BCUT2D eigenvalue weighted by Gasteiger charge is 2.30. The van der Waals surface area contributed by atoms with E-state index in [9.17, 15) is 14.0 Å². The molecule has 0 N–H and O–H groups in total. The summed E-state index contributed by atoms with van der Waals surface area (Å²) in [6.45, 7) is 3.81. The number of carbonyl (C=O) groups excluding carboxylic acids is 2. The number of anilines is 1. The summed E-state index contributed by atoms with van der Waals surface area (Å²) in [5, 5.41) is 8.80. The van der Waals surface area contributed by atoms with Crippen molar-refractivity contribution in [2.24, 2.45) is 0 Å². The van der Waals surface area contributed by atoms with Crippen molar-refractivity contribution in [1.29, 1.82) is 0 Å². The van der Waals surface area contributed by atoms with Crippen LogP contribution in [-0.4, -0.2) is 71.6 Å². The minimum atomic E-state index is -0.608. The van der Waals surface area contributed by atoms with E-state index in [1.54, 1.807) is 24.1 Å². The van der Waals surface area contributed by atoms with Crippen molar-refractivity contribution in [3.05, 3.63) is 108 Å². The second-order valence-corrected chi connectivity index (χ2v) is 9.87. The number of hydrogen-bond donors (Lipinski definition) is 0. The average Bonchev–Trinajstić information content (AvgIpc) is 3.04. The normalized spacial score (nSPS) is 13.9. The molecule has 1 atom stereocenters. The van der Waals surface area contributed by atoms with E-state index in [0.717, 1.165) is 28.4 Å². The van der Waals surface area contributed by atoms with Crippen LogP contribution >= 0.6 is 0 Å². The van der Waals surface area contributed by atoms with Crippen LogP contribution in [0.4, 0.5) is 10.2 Å². The maximum absolute atomic E-state index is 14.6. The van der Waals surface area contributed by atoms with Gasteiger partial charge in [0.15, 0.2) is 5.82 Å². The van der Waals surface area contributed by atoms with Gasteiger partial charge in [-0.1, -0.05) is 42.5 Å². The number of hydrogen-bond acceptors (Lipinski definition) is 6. The maximum Gasteiger partial charge on any atom is 0.257 e. The molecule has 4 aromatic rings. The molecule has 41 heavy (non-hydrogen) atoms. The van der Waals surface area contributed by atoms with Crippen molar-refractivity contribution in [1.82, 2.24) is 20.0 Å². The molecule has 1 aromatic heterocycles. The van der Waals surface area contributed by atoms with Crippen LogP contribution in [0.25, 0.3) is 11.3 Å². The van der Waals surface area contributed by atoms with Crippen molar-refractivity contribution in [3.8, 4) is 17.0 Å². The number of amides is 2. The third-order valence-corrected chi connectivity index (χ3v) is 7.41. The molecule has 2 amide bonds. The van der Waals surface area contributed by atoms with Gasteiger partial charge in [-0.05, 0) is 61.0 Å². The highest BCUT2D eigenvalue weighted by molar-refractivity contribution is 5.97. The molecule has 3 aromatic carbocycles. The van der Waals surface area contributed by atoms with Crippen LogP contribution in [0, 0.1) is 5.82 Å². The van der Waals surface area contributed by atoms with Gasteiger partial charge in [-0.25, -0.2) is 4.39 Å². The highest BCUT2D eigenvalue weighted by Crippen LogP contribution is 2.25. The molecule has 5 rings (SSSR count). The second-order valence-electron chi connectivity index (χ2n) is 9.87. The average molecular weight is 554 g/mol. The van der Waals surface area contributed by atoms with Gasteiger partial charge in [-0.3, -0.25) is 9.59 Å². The standard InChI is InChI=1S/C32H32FN5O3/c1-23(24-8-4-3-5-9-24)38(32(40)27-10-6-7-11-28(27)33)22-31(39)37-20-18-36(19-21-37)30-17-16-29(34-35-30)25-12-14-26(41-2)15-13-25/h3-17,23H,18-22H2,1-2H3/t23-/m0/s1. The first-order valence-electron chi connectivity index (χ1n) is 13.6. The highest BCUT2D eigenvalue weighted by atomic mass is 19.1. The molecular formula is C32H32FN5O3. The van der Waals surface area contributed by atoms with Crippen molar-refractivity contribution in [2.75, 3.05) is 44.7 Å². The van der Waals surface area contributed by atoms with Gasteiger partial charge in [0.25, 0.3) is 5.91 Å². The molecule has 9 heteroatoms. The van der Waals surface area contributed by atoms with Gasteiger partial charge >= 0.3 is 0 Å². The molecule has 0 spiro atoms. The summed E-state index contributed by atoms with van der Waals surface area (Å²) in [5.41, 5.74) is 2.52. The first-order valence-corrected chi connectivity index (χ1v) is 13.6. The number of benzene rings is 3. The van der Waals surface area contributed by atoms with Crippen LogP contribution in [0.1, 0.15) is 28.9 Å². The Morgan fingerprint density at radius 2 is 1.56 bits per heavy atom. The van der Waals surface area contributed by atoms with Crippen molar-refractivity contribution >= 4 is 17.6 Å². The molecule has 0 radical (unpaired) electrons. The molecule has 0 bridgehead atoms. The van der Waals surface area contributed by atoms with Crippen LogP contribution in [0.3, 0.4) is 0 Å². The zero-order valence-electron chi connectivity index (χ0n) is 23.1. The fraction of sp³-hybridized carbons (Fsp3) is 0.250. The molecule has 1 saturated heterocycles. The van der Waals surface area contributed by atoms with Crippen LogP contribution in [0.2, 0.25) is 0 Å². The van der Waals surface area contributed by atoms with E-state index in [1.165, 1.54) is 17.0 Å². The van der Waals surface area contributed by atoms with Gasteiger partial charge in [-0.15, -0.1) is 10.2 Å². The zero-order chi connectivity index (χ0) is 28.8. The zero-order valence-corrected chi connectivity index (χ0v) is 23.1. The first-order chi connectivity index (χ1) is 19.9. The molecule has 1 aliphatic rings. The van der Waals surface area contributed by atoms with E-state index in [0.29, 0.717) is 26.2 Å². The van der Waals surface area contributed by atoms with Gasteiger partial charge in [0.2, 0.25) is 5.91 Å². The molecule has 0 saturated carbocycles. The van der Waals surface area contributed by atoms with Gasteiger partial charge in [-0.2, -0.15) is 0 Å². The van der Waals surface area contributed by atoms with E-state index in [-0.39, 0.29) is 18.0 Å². The third-order valence-electron chi connectivity index (χ3n) is 7.41. The fourth-order valence-electron chi connectivity index (χ4n) is 4.93. The number of piperazine rings is 1. The van der Waals surface area contributed by atoms with Crippen LogP contribution in [-0.2, 0) is 4.79 Å².